The van der Waals surface area contributed by atoms with E-state index in [0.29, 0.717) is 11.0 Å². The number of aromatic nitrogens is 4. The van der Waals surface area contributed by atoms with Gasteiger partial charge in [-0.2, -0.15) is 0 Å². The normalized spacial score (nSPS) is 10.7. The minimum absolute atomic E-state index is 0.0915. The molecular formula is C22H19N5OS. The van der Waals surface area contributed by atoms with E-state index < -0.39 is 0 Å². The lowest BCUT2D eigenvalue weighted by atomic mass is 10.2. The quantitative estimate of drug-likeness (QED) is 0.486. The number of nitrogens with one attached hydrogen (secondary N) is 1. The minimum atomic E-state index is -0.0915. The van der Waals surface area contributed by atoms with Gasteiger partial charge in [0.15, 0.2) is 11.0 Å². The predicted molar refractivity (Wildman–Crippen MR) is 115 cm³/mol. The fourth-order valence-electron chi connectivity index (χ4n) is 2.91. The van der Waals surface area contributed by atoms with Gasteiger partial charge >= 0.3 is 0 Å². The van der Waals surface area contributed by atoms with E-state index in [9.17, 15) is 4.79 Å². The number of hydrogen-bond donors (Lipinski definition) is 1. The second-order valence-corrected chi connectivity index (χ2v) is 7.37. The van der Waals surface area contributed by atoms with E-state index in [2.05, 4.69) is 20.5 Å². The second kappa shape index (κ2) is 8.70. The zero-order valence-corrected chi connectivity index (χ0v) is 16.6. The number of pyridine rings is 1. The van der Waals surface area contributed by atoms with Gasteiger partial charge in [-0.15, -0.1) is 10.2 Å². The van der Waals surface area contributed by atoms with Crippen LogP contribution in [0.4, 0.5) is 5.69 Å². The molecule has 0 bridgehead atoms. The highest BCUT2D eigenvalue weighted by molar-refractivity contribution is 7.99. The number of amides is 1. The molecule has 0 unspecified atom stereocenters. The number of aryl methyl sites for hydroxylation is 1. The average Bonchev–Trinajstić information content (AvgIpc) is 3.17. The van der Waals surface area contributed by atoms with Gasteiger partial charge in [0.2, 0.25) is 5.91 Å². The third-order valence-electron chi connectivity index (χ3n) is 4.20. The van der Waals surface area contributed by atoms with Crippen molar-refractivity contribution in [3.63, 3.8) is 0 Å². The lowest BCUT2D eigenvalue weighted by Crippen LogP contribution is -2.14. The molecule has 0 aliphatic heterocycles. The standard InChI is InChI=1S/C22H19N5OS/c1-16-7-5-9-18(13-16)24-20(28)15-29-22-26-25-21(17-8-6-12-23-14-17)27(22)19-10-3-2-4-11-19/h2-14H,15H2,1H3,(H,24,28). The maximum atomic E-state index is 12.4. The molecule has 0 aliphatic carbocycles. The van der Waals surface area contributed by atoms with Gasteiger partial charge in [0.05, 0.1) is 5.75 Å². The molecule has 1 N–H and O–H groups in total. The summed E-state index contributed by atoms with van der Waals surface area (Å²) in [7, 11) is 0. The van der Waals surface area contributed by atoms with Gasteiger partial charge in [0.25, 0.3) is 0 Å². The van der Waals surface area contributed by atoms with Crippen LogP contribution in [0.2, 0.25) is 0 Å². The van der Waals surface area contributed by atoms with Gasteiger partial charge in [-0.1, -0.05) is 42.1 Å². The first-order valence-corrected chi connectivity index (χ1v) is 10.1. The molecule has 6 nitrogen and oxygen atoms in total. The van der Waals surface area contributed by atoms with Crippen molar-refractivity contribution in [2.45, 2.75) is 12.1 Å². The van der Waals surface area contributed by atoms with Crippen molar-refractivity contribution in [3.8, 4) is 17.1 Å². The lowest BCUT2D eigenvalue weighted by molar-refractivity contribution is -0.113. The van der Waals surface area contributed by atoms with Gasteiger partial charge in [0.1, 0.15) is 0 Å². The van der Waals surface area contributed by atoms with Crippen molar-refractivity contribution in [2.75, 3.05) is 11.1 Å². The summed E-state index contributed by atoms with van der Waals surface area (Å²) in [5.74, 6) is 0.823. The van der Waals surface area contributed by atoms with Crippen LogP contribution in [0.25, 0.3) is 17.1 Å². The fourth-order valence-corrected chi connectivity index (χ4v) is 3.66. The highest BCUT2D eigenvalue weighted by Crippen LogP contribution is 2.27. The van der Waals surface area contributed by atoms with Crippen LogP contribution in [0.15, 0.2) is 84.3 Å². The van der Waals surface area contributed by atoms with E-state index in [-0.39, 0.29) is 11.7 Å². The Balaban J connectivity index is 1.57. The molecule has 2 heterocycles. The molecule has 2 aromatic carbocycles. The molecule has 0 radical (unpaired) electrons. The number of thioether (sulfide) groups is 1. The summed E-state index contributed by atoms with van der Waals surface area (Å²) in [5.41, 5.74) is 3.68. The zero-order valence-electron chi connectivity index (χ0n) is 15.8. The highest BCUT2D eigenvalue weighted by Gasteiger charge is 2.17. The Kier molecular flexibility index (Phi) is 5.67. The van der Waals surface area contributed by atoms with Crippen LogP contribution in [0.5, 0.6) is 0 Å². The van der Waals surface area contributed by atoms with Crippen LogP contribution < -0.4 is 5.32 Å². The third-order valence-corrected chi connectivity index (χ3v) is 5.13. The summed E-state index contributed by atoms with van der Waals surface area (Å²) < 4.78 is 1.95. The molecule has 0 aliphatic rings. The van der Waals surface area contributed by atoms with Gasteiger partial charge in [-0.05, 0) is 48.9 Å². The van der Waals surface area contributed by atoms with Crippen LogP contribution in [-0.4, -0.2) is 31.4 Å². The third kappa shape index (κ3) is 4.52. The summed E-state index contributed by atoms with van der Waals surface area (Å²) in [4.78, 5) is 16.6. The minimum Gasteiger partial charge on any atom is -0.325 e. The molecule has 4 rings (SSSR count). The largest absolute Gasteiger partial charge is 0.325 e. The van der Waals surface area contributed by atoms with Crippen LogP contribution in [0, 0.1) is 6.92 Å². The maximum absolute atomic E-state index is 12.4. The smallest absolute Gasteiger partial charge is 0.234 e. The van der Waals surface area contributed by atoms with Gasteiger partial charge in [-0.3, -0.25) is 14.3 Å². The van der Waals surface area contributed by atoms with E-state index >= 15 is 0 Å². The van der Waals surface area contributed by atoms with Gasteiger partial charge in [-0.25, -0.2) is 0 Å². The average molecular weight is 401 g/mol. The molecule has 144 valence electrons. The molecular weight excluding hydrogens is 382 g/mol. The monoisotopic (exact) mass is 401 g/mol. The Morgan fingerprint density at radius 2 is 1.90 bits per heavy atom. The topological polar surface area (TPSA) is 72.7 Å². The number of para-hydroxylation sites is 1. The first-order valence-electron chi connectivity index (χ1n) is 9.11. The van der Waals surface area contributed by atoms with E-state index in [1.807, 2.05) is 78.2 Å². The second-order valence-electron chi connectivity index (χ2n) is 6.43. The first kappa shape index (κ1) is 18.9. The number of nitrogens with zero attached hydrogens (tertiary/aromatic N) is 4. The van der Waals surface area contributed by atoms with E-state index in [4.69, 9.17) is 0 Å². The molecule has 0 saturated carbocycles. The lowest BCUT2D eigenvalue weighted by Gasteiger charge is -2.10. The number of rotatable bonds is 6. The van der Waals surface area contributed by atoms with E-state index in [1.165, 1.54) is 11.8 Å². The van der Waals surface area contributed by atoms with E-state index in [0.717, 1.165) is 22.5 Å². The molecule has 0 spiro atoms. The zero-order chi connectivity index (χ0) is 20.1. The molecule has 4 aromatic rings. The van der Waals surface area contributed by atoms with Crippen LogP contribution in [0.3, 0.4) is 0 Å². The Morgan fingerprint density at radius 1 is 1.03 bits per heavy atom. The Labute approximate surface area is 173 Å². The molecule has 0 atom stereocenters. The van der Waals surface area contributed by atoms with Crippen LogP contribution in [-0.2, 0) is 4.79 Å². The summed E-state index contributed by atoms with van der Waals surface area (Å²) in [5, 5.41) is 12.3. The molecule has 0 fully saturated rings. The number of benzene rings is 2. The molecule has 7 heteroatoms. The number of carbonyl (C=O) groups is 1. The Bertz CT molecular complexity index is 1110. The van der Waals surface area contributed by atoms with Crippen molar-refractivity contribution in [3.05, 3.63) is 84.7 Å². The molecule has 2 aromatic heterocycles. The van der Waals surface area contributed by atoms with Crippen molar-refractivity contribution in [1.29, 1.82) is 0 Å². The number of carbonyl (C=O) groups excluding carboxylic acids is 1. The summed E-state index contributed by atoms with van der Waals surface area (Å²) >= 11 is 1.35. The summed E-state index contributed by atoms with van der Waals surface area (Å²) in [6, 6.07) is 21.4. The maximum Gasteiger partial charge on any atom is 0.234 e. The SMILES string of the molecule is Cc1cccc(NC(=O)CSc2nnc(-c3cccnc3)n2-c2ccccc2)c1. The predicted octanol–water partition coefficient (Wildman–Crippen LogP) is 4.37. The highest BCUT2D eigenvalue weighted by atomic mass is 32.2. The van der Waals surface area contributed by atoms with Gasteiger partial charge < -0.3 is 5.32 Å². The molecule has 0 saturated heterocycles. The van der Waals surface area contributed by atoms with Crippen LogP contribution >= 0.6 is 11.8 Å². The number of anilines is 1. The van der Waals surface area contributed by atoms with Crippen molar-refractivity contribution in [1.82, 2.24) is 19.7 Å². The Morgan fingerprint density at radius 3 is 2.66 bits per heavy atom. The van der Waals surface area contributed by atoms with Crippen molar-refractivity contribution < 1.29 is 4.79 Å². The van der Waals surface area contributed by atoms with Crippen molar-refractivity contribution in [2.24, 2.45) is 0 Å². The van der Waals surface area contributed by atoms with E-state index in [1.54, 1.807) is 12.4 Å². The molecule has 1 amide bonds. The Hall–Kier alpha value is -3.45. The van der Waals surface area contributed by atoms with Crippen molar-refractivity contribution >= 4 is 23.4 Å². The summed E-state index contributed by atoms with van der Waals surface area (Å²) in [6.07, 6.45) is 3.47. The summed E-state index contributed by atoms with van der Waals surface area (Å²) in [6.45, 7) is 1.99. The van der Waals surface area contributed by atoms with Gasteiger partial charge in [0, 0.05) is 29.3 Å². The van der Waals surface area contributed by atoms with Crippen LogP contribution in [0.1, 0.15) is 5.56 Å². The first-order chi connectivity index (χ1) is 14.2. The number of hydrogen-bond acceptors (Lipinski definition) is 5. The molecule has 29 heavy (non-hydrogen) atoms. The fraction of sp³-hybridized carbons (Fsp3) is 0.0909.